The van der Waals surface area contributed by atoms with Crippen LogP contribution in [-0.4, -0.2) is 45.2 Å². The number of hydrogen-bond acceptors (Lipinski definition) is 6. The van der Waals surface area contributed by atoms with Crippen molar-refractivity contribution in [1.82, 2.24) is 0 Å². The molecule has 1 heterocycles. The van der Waals surface area contributed by atoms with Crippen molar-refractivity contribution in [2.45, 2.75) is 31.6 Å². The lowest BCUT2D eigenvalue weighted by molar-refractivity contribution is -0.148. The fourth-order valence-corrected chi connectivity index (χ4v) is 4.81. The van der Waals surface area contributed by atoms with E-state index in [0.717, 1.165) is 5.56 Å². The number of esters is 1. The zero-order valence-corrected chi connectivity index (χ0v) is 18.3. The summed E-state index contributed by atoms with van der Waals surface area (Å²) in [6.45, 7) is 4.92. The molecule has 2 aromatic rings. The van der Waals surface area contributed by atoms with Crippen LogP contribution in [0.5, 0.6) is 0 Å². The second-order valence-electron chi connectivity index (χ2n) is 7.47. The van der Waals surface area contributed by atoms with Crippen LogP contribution in [0.3, 0.4) is 0 Å². The third kappa shape index (κ3) is 5.35. The number of carboxylic acids is 1. The molecule has 3 rings (SSSR count). The van der Waals surface area contributed by atoms with Gasteiger partial charge in [-0.05, 0) is 62.6 Å². The number of sulfonamides is 1. The van der Waals surface area contributed by atoms with Gasteiger partial charge in [0.2, 0.25) is 0 Å². The molecule has 0 radical (unpaired) electrons. The smallest absolute Gasteiger partial charge is 0.337 e. The van der Waals surface area contributed by atoms with Gasteiger partial charge in [0.1, 0.15) is 0 Å². The maximum absolute atomic E-state index is 12.7. The predicted octanol–water partition coefficient (Wildman–Crippen LogP) is 3.27. The van der Waals surface area contributed by atoms with Crippen LogP contribution >= 0.6 is 0 Å². The molecule has 1 saturated heterocycles. The van der Waals surface area contributed by atoms with Crippen LogP contribution in [0.4, 0.5) is 11.4 Å². The number of rotatable bonds is 7. The van der Waals surface area contributed by atoms with Crippen LogP contribution in [0.1, 0.15) is 35.7 Å². The Morgan fingerprint density at radius 2 is 1.87 bits per heavy atom. The Hall–Kier alpha value is -3.07. The molecule has 1 aliphatic rings. The third-order valence-electron chi connectivity index (χ3n) is 5.23. The highest BCUT2D eigenvalue weighted by atomic mass is 32.2. The number of carbonyl (C=O) groups excluding carboxylic acids is 1. The van der Waals surface area contributed by atoms with E-state index >= 15 is 0 Å². The zero-order chi connectivity index (χ0) is 22.6. The summed E-state index contributed by atoms with van der Waals surface area (Å²) in [5.41, 5.74) is 1.46. The molecule has 0 aromatic heterocycles. The predicted molar refractivity (Wildman–Crippen MR) is 117 cm³/mol. The second kappa shape index (κ2) is 9.38. The Morgan fingerprint density at radius 3 is 2.48 bits per heavy atom. The average Bonchev–Trinajstić information content (AvgIpc) is 2.74. The molecule has 0 bridgehead atoms. The van der Waals surface area contributed by atoms with Gasteiger partial charge in [0.25, 0.3) is 10.0 Å². The second-order valence-corrected chi connectivity index (χ2v) is 9.15. The SMILES string of the molecule is CCOC(=O)C1CCN(c2ccc(NS(=O)(=O)c3cccc(C)c3)cc2C(=O)O)CC1. The van der Waals surface area contributed by atoms with Gasteiger partial charge in [0, 0.05) is 18.8 Å². The van der Waals surface area contributed by atoms with E-state index in [1.54, 1.807) is 44.2 Å². The minimum absolute atomic E-state index is 0.000901. The van der Waals surface area contributed by atoms with Gasteiger partial charge in [-0.1, -0.05) is 12.1 Å². The quantitative estimate of drug-likeness (QED) is 0.628. The monoisotopic (exact) mass is 446 g/mol. The number of aromatic carboxylic acids is 1. The Morgan fingerprint density at radius 1 is 1.16 bits per heavy atom. The molecular formula is C22H26N2O6S. The molecule has 0 aliphatic carbocycles. The fourth-order valence-electron chi connectivity index (χ4n) is 3.66. The summed E-state index contributed by atoms with van der Waals surface area (Å²) in [5.74, 6) is -1.56. The number of aryl methyl sites for hydroxylation is 1. The lowest BCUT2D eigenvalue weighted by atomic mass is 9.96. The summed E-state index contributed by atoms with van der Waals surface area (Å²) in [4.78, 5) is 25.8. The van der Waals surface area contributed by atoms with Crippen molar-refractivity contribution in [3.63, 3.8) is 0 Å². The normalized spacial score (nSPS) is 14.8. The molecule has 0 amide bonds. The van der Waals surface area contributed by atoms with Crippen molar-refractivity contribution >= 4 is 33.3 Å². The standard InChI is InChI=1S/C22H26N2O6S/c1-3-30-22(27)16-9-11-24(12-10-16)20-8-7-17(14-19(20)21(25)26)23-31(28,29)18-6-4-5-15(2)13-18/h4-8,13-14,16,23H,3,9-12H2,1-2H3,(H,25,26). The van der Waals surface area contributed by atoms with E-state index in [2.05, 4.69) is 4.72 Å². The summed E-state index contributed by atoms with van der Waals surface area (Å²) in [6, 6.07) is 10.9. The fraction of sp³-hybridized carbons (Fsp3) is 0.364. The van der Waals surface area contributed by atoms with Gasteiger partial charge in [0.05, 0.1) is 28.7 Å². The molecule has 1 aliphatic heterocycles. The molecule has 8 nitrogen and oxygen atoms in total. The van der Waals surface area contributed by atoms with Crippen LogP contribution in [0.25, 0.3) is 0 Å². The molecule has 0 spiro atoms. The topological polar surface area (TPSA) is 113 Å². The van der Waals surface area contributed by atoms with Gasteiger partial charge in [-0.25, -0.2) is 13.2 Å². The van der Waals surface area contributed by atoms with E-state index in [-0.39, 0.29) is 28.0 Å². The van der Waals surface area contributed by atoms with Crippen LogP contribution in [0.2, 0.25) is 0 Å². The summed E-state index contributed by atoms with van der Waals surface area (Å²) < 4.78 is 32.8. The van der Waals surface area contributed by atoms with E-state index in [1.165, 1.54) is 12.1 Å². The summed E-state index contributed by atoms with van der Waals surface area (Å²) >= 11 is 0. The molecule has 166 valence electrons. The molecule has 0 saturated carbocycles. The highest BCUT2D eigenvalue weighted by molar-refractivity contribution is 7.92. The number of nitrogens with one attached hydrogen (secondary N) is 1. The maximum Gasteiger partial charge on any atom is 0.337 e. The average molecular weight is 447 g/mol. The zero-order valence-electron chi connectivity index (χ0n) is 17.5. The number of hydrogen-bond donors (Lipinski definition) is 2. The Bertz CT molecular complexity index is 1080. The van der Waals surface area contributed by atoms with Crippen molar-refractivity contribution < 1.29 is 27.9 Å². The van der Waals surface area contributed by atoms with E-state index in [1.807, 2.05) is 4.90 Å². The molecule has 0 unspecified atom stereocenters. The number of ether oxygens (including phenoxy) is 1. The first-order chi connectivity index (χ1) is 14.7. The Labute approximate surface area is 181 Å². The van der Waals surface area contributed by atoms with Gasteiger partial charge >= 0.3 is 11.9 Å². The van der Waals surface area contributed by atoms with Crippen molar-refractivity contribution in [3.8, 4) is 0 Å². The Kier molecular flexibility index (Phi) is 6.84. The third-order valence-corrected chi connectivity index (χ3v) is 6.61. The highest BCUT2D eigenvalue weighted by Crippen LogP contribution is 2.30. The van der Waals surface area contributed by atoms with Crippen LogP contribution in [0, 0.1) is 12.8 Å². The largest absolute Gasteiger partial charge is 0.478 e. The van der Waals surface area contributed by atoms with Crippen molar-refractivity contribution in [3.05, 3.63) is 53.6 Å². The maximum atomic E-state index is 12.7. The lowest BCUT2D eigenvalue weighted by Gasteiger charge is -2.33. The van der Waals surface area contributed by atoms with Crippen LogP contribution in [0.15, 0.2) is 47.4 Å². The van der Waals surface area contributed by atoms with Crippen molar-refractivity contribution in [2.75, 3.05) is 29.3 Å². The van der Waals surface area contributed by atoms with Crippen LogP contribution < -0.4 is 9.62 Å². The van der Waals surface area contributed by atoms with Gasteiger partial charge in [-0.3, -0.25) is 9.52 Å². The number of benzene rings is 2. The molecule has 1 fully saturated rings. The van der Waals surface area contributed by atoms with E-state index < -0.39 is 16.0 Å². The summed E-state index contributed by atoms with van der Waals surface area (Å²) in [6.07, 6.45) is 1.14. The van der Waals surface area contributed by atoms with Gasteiger partial charge in [0.15, 0.2) is 0 Å². The van der Waals surface area contributed by atoms with Crippen molar-refractivity contribution in [1.29, 1.82) is 0 Å². The molecular weight excluding hydrogens is 420 g/mol. The van der Waals surface area contributed by atoms with E-state index in [4.69, 9.17) is 4.74 Å². The Balaban J connectivity index is 1.79. The van der Waals surface area contributed by atoms with E-state index in [0.29, 0.717) is 38.2 Å². The van der Waals surface area contributed by atoms with Gasteiger partial charge in [-0.2, -0.15) is 0 Å². The highest BCUT2D eigenvalue weighted by Gasteiger charge is 2.28. The van der Waals surface area contributed by atoms with E-state index in [9.17, 15) is 23.1 Å². The van der Waals surface area contributed by atoms with Crippen LogP contribution in [-0.2, 0) is 19.6 Å². The molecule has 9 heteroatoms. The minimum Gasteiger partial charge on any atom is -0.478 e. The molecule has 2 aromatic carbocycles. The van der Waals surface area contributed by atoms with Crippen molar-refractivity contribution in [2.24, 2.45) is 5.92 Å². The lowest BCUT2D eigenvalue weighted by Crippen LogP contribution is -2.37. The van der Waals surface area contributed by atoms with Gasteiger partial charge < -0.3 is 14.7 Å². The number of carboxylic acid groups (broad SMARTS) is 1. The number of piperidine rings is 1. The molecule has 31 heavy (non-hydrogen) atoms. The molecule has 2 N–H and O–H groups in total. The molecule has 0 atom stereocenters. The number of carbonyl (C=O) groups is 2. The van der Waals surface area contributed by atoms with Gasteiger partial charge in [-0.15, -0.1) is 0 Å². The number of anilines is 2. The first-order valence-electron chi connectivity index (χ1n) is 10.1. The first kappa shape index (κ1) is 22.6. The number of nitrogens with zero attached hydrogens (tertiary/aromatic N) is 1. The summed E-state index contributed by atoms with van der Waals surface area (Å²) in [7, 11) is -3.85. The first-order valence-corrected chi connectivity index (χ1v) is 11.6. The minimum atomic E-state index is -3.85. The summed E-state index contributed by atoms with van der Waals surface area (Å²) in [5, 5.41) is 9.70.